The number of nitrogens with zero attached hydrogens (tertiary/aromatic N) is 3. The van der Waals surface area contributed by atoms with Crippen LogP contribution in [0.15, 0.2) is 6.07 Å². The Balaban J connectivity index is 1.82. The summed E-state index contributed by atoms with van der Waals surface area (Å²) in [6.45, 7) is 7.12. The third-order valence-corrected chi connectivity index (χ3v) is 3.61. The van der Waals surface area contributed by atoms with Crippen LogP contribution in [0.5, 0.6) is 0 Å². The molecule has 1 aromatic heterocycles. The Morgan fingerprint density at radius 1 is 1.40 bits per heavy atom. The molecule has 112 valence electrons. The second-order valence-corrected chi connectivity index (χ2v) is 5.81. The highest BCUT2D eigenvalue weighted by molar-refractivity contribution is 6.29. The van der Waals surface area contributed by atoms with E-state index in [0.29, 0.717) is 23.5 Å². The van der Waals surface area contributed by atoms with Crippen molar-refractivity contribution >= 4 is 17.4 Å². The van der Waals surface area contributed by atoms with Gasteiger partial charge in [-0.3, -0.25) is 0 Å². The van der Waals surface area contributed by atoms with Crippen LogP contribution in [0.1, 0.15) is 25.6 Å². The van der Waals surface area contributed by atoms with Gasteiger partial charge in [0.1, 0.15) is 17.6 Å². The molecule has 1 aliphatic heterocycles. The Kier molecular flexibility index (Phi) is 6.01. The number of likely N-dealkylation sites (tertiary alicyclic amines) is 1. The summed E-state index contributed by atoms with van der Waals surface area (Å²) in [5, 5.41) is 3.79. The van der Waals surface area contributed by atoms with Gasteiger partial charge in [-0.2, -0.15) is 0 Å². The molecule has 1 fully saturated rings. The van der Waals surface area contributed by atoms with E-state index in [0.717, 1.165) is 18.9 Å². The number of hydrogen-bond acceptors (Lipinski definition) is 5. The quantitative estimate of drug-likeness (QED) is 0.784. The van der Waals surface area contributed by atoms with Crippen molar-refractivity contribution in [2.45, 2.75) is 26.4 Å². The third-order valence-electron chi connectivity index (χ3n) is 3.41. The molecular formula is C14H23ClN4O. The van der Waals surface area contributed by atoms with E-state index >= 15 is 0 Å². The van der Waals surface area contributed by atoms with Crippen molar-refractivity contribution in [2.24, 2.45) is 5.92 Å². The molecule has 1 unspecified atom stereocenters. The molecule has 0 aliphatic carbocycles. The summed E-state index contributed by atoms with van der Waals surface area (Å²) in [4.78, 5) is 11.0. The molecule has 0 amide bonds. The lowest BCUT2D eigenvalue weighted by molar-refractivity contribution is 0.178. The molecule has 0 bridgehead atoms. The van der Waals surface area contributed by atoms with E-state index in [1.165, 1.54) is 25.9 Å². The second-order valence-electron chi connectivity index (χ2n) is 5.42. The van der Waals surface area contributed by atoms with Gasteiger partial charge in [0.15, 0.2) is 5.82 Å². The topological polar surface area (TPSA) is 50.3 Å². The van der Waals surface area contributed by atoms with Crippen molar-refractivity contribution in [2.75, 3.05) is 38.6 Å². The van der Waals surface area contributed by atoms with E-state index in [4.69, 9.17) is 16.3 Å². The summed E-state index contributed by atoms with van der Waals surface area (Å²) < 4.78 is 5.03. The molecule has 0 aromatic carbocycles. The van der Waals surface area contributed by atoms with Gasteiger partial charge in [-0.1, -0.05) is 18.5 Å². The van der Waals surface area contributed by atoms with Crippen molar-refractivity contribution in [3.8, 4) is 0 Å². The van der Waals surface area contributed by atoms with Crippen molar-refractivity contribution in [3.63, 3.8) is 0 Å². The third kappa shape index (κ3) is 4.89. The summed E-state index contributed by atoms with van der Waals surface area (Å²) >= 11 is 5.98. The Morgan fingerprint density at radius 3 is 2.85 bits per heavy atom. The molecule has 1 saturated heterocycles. The Labute approximate surface area is 125 Å². The Hall–Kier alpha value is -0.910. The number of methoxy groups -OCH3 is 1. The van der Waals surface area contributed by atoms with Crippen LogP contribution in [0.4, 0.5) is 5.82 Å². The molecule has 1 N–H and O–H groups in total. The van der Waals surface area contributed by atoms with Crippen molar-refractivity contribution < 1.29 is 4.74 Å². The molecular weight excluding hydrogens is 276 g/mol. The van der Waals surface area contributed by atoms with Crippen molar-refractivity contribution in [3.05, 3.63) is 17.0 Å². The van der Waals surface area contributed by atoms with Gasteiger partial charge in [0.2, 0.25) is 0 Å². The molecule has 1 atom stereocenters. The summed E-state index contributed by atoms with van der Waals surface area (Å²) in [5.74, 6) is 1.95. The standard InChI is InChI=1S/C14H23ClN4O/c1-11(9-19-5-3-4-6-19)8-16-13-7-12(15)17-14(18-13)10-20-2/h7,11H,3-6,8-10H2,1-2H3,(H,16,17,18). The first kappa shape index (κ1) is 15.5. The molecule has 2 heterocycles. The normalized spacial score (nSPS) is 17.4. The van der Waals surface area contributed by atoms with Crippen LogP contribution in [0, 0.1) is 5.92 Å². The number of rotatable bonds is 7. The van der Waals surface area contributed by atoms with Gasteiger partial charge in [-0.05, 0) is 31.8 Å². The molecule has 1 aliphatic rings. The van der Waals surface area contributed by atoms with E-state index in [2.05, 4.69) is 27.1 Å². The van der Waals surface area contributed by atoms with Crippen LogP contribution in [0.2, 0.25) is 5.15 Å². The minimum Gasteiger partial charge on any atom is -0.377 e. The van der Waals surface area contributed by atoms with E-state index in [1.807, 2.05) is 0 Å². The molecule has 5 nitrogen and oxygen atoms in total. The molecule has 0 saturated carbocycles. The smallest absolute Gasteiger partial charge is 0.158 e. The van der Waals surface area contributed by atoms with Crippen LogP contribution in [-0.4, -0.2) is 48.2 Å². The van der Waals surface area contributed by atoms with Gasteiger partial charge >= 0.3 is 0 Å². The monoisotopic (exact) mass is 298 g/mol. The molecule has 1 aromatic rings. The molecule has 2 rings (SSSR count). The zero-order valence-corrected chi connectivity index (χ0v) is 13.0. The molecule has 0 radical (unpaired) electrons. The summed E-state index contributed by atoms with van der Waals surface area (Å²) in [7, 11) is 1.62. The fourth-order valence-corrected chi connectivity index (χ4v) is 2.70. The first-order chi connectivity index (χ1) is 9.67. The van der Waals surface area contributed by atoms with Crippen LogP contribution < -0.4 is 5.32 Å². The average Bonchev–Trinajstić information content (AvgIpc) is 2.89. The maximum absolute atomic E-state index is 5.98. The van der Waals surface area contributed by atoms with Gasteiger partial charge in [0, 0.05) is 26.3 Å². The van der Waals surface area contributed by atoms with Gasteiger partial charge in [0.25, 0.3) is 0 Å². The molecule has 20 heavy (non-hydrogen) atoms. The van der Waals surface area contributed by atoms with E-state index < -0.39 is 0 Å². The molecule has 0 spiro atoms. The summed E-state index contributed by atoms with van der Waals surface area (Å²) in [6.07, 6.45) is 2.67. The number of aromatic nitrogens is 2. The first-order valence-corrected chi connectivity index (χ1v) is 7.54. The average molecular weight is 299 g/mol. The lowest BCUT2D eigenvalue weighted by Crippen LogP contribution is -2.29. The van der Waals surface area contributed by atoms with Crippen LogP contribution >= 0.6 is 11.6 Å². The number of halogens is 1. The van der Waals surface area contributed by atoms with Crippen molar-refractivity contribution in [1.82, 2.24) is 14.9 Å². The SMILES string of the molecule is COCc1nc(Cl)cc(NCC(C)CN2CCCC2)n1. The van der Waals surface area contributed by atoms with E-state index in [9.17, 15) is 0 Å². The van der Waals surface area contributed by atoms with Gasteiger partial charge in [-0.25, -0.2) is 9.97 Å². The van der Waals surface area contributed by atoms with Gasteiger partial charge < -0.3 is 15.0 Å². The minimum absolute atomic E-state index is 0.374. The van der Waals surface area contributed by atoms with E-state index in [1.54, 1.807) is 13.2 Å². The van der Waals surface area contributed by atoms with Crippen LogP contribution in [-0.2, 0) is 11.3 Å². The lowest BCUT2D eigenvalue weighted by atomic mass is 10.1. The van der Waals surface area contributed by atoms with Crippen LogP contribution in [0.3, 0.4) is 0 Å². The predicted molar refractivity (Wildman–Crippen MR) is 81.1 cm³/mol. The predicted octanol–water partition coefficient (Wildman–Crippen LogP) is 2.42. The first-order valence-electron chi connectivity index (χ1n) is 7.16. The Morgan fingerprint density at radius 2 is 2.15 bits per heavy atom. The minimum atomic E-state index is 0.374. The zero-order valence-electron chi connectivity index (χ0n) is 12.2. The highest BCUT2D eigenvalue weighted by Gasteiger charge is 2.14. The molecule has 6 heteroatoms. The van der Waals surface area contributed by atoms with Crippen LogP contribution in [0.25, 0.3) is 0 Å². The fraction of sp³-hybridized carbons (Fsp3) is 0.714. The highest BCUT2D eigenvalue weighted by Crippen LogP contribution is 2.14. The van der Waals surface area contributed by atoms with E-state index in [-0.39, 0.29) is 0 Å². The second kappa shape index (κ2) is 7.76. The largest absolute Gasteiger partial charge is 0.377 e. The highest BCUT2D eigenvalue weighted by atomic mass is 35.5. The van der Waals surface area contributed by atoms with Gasteiger partial charge in [0.05, 0.1) is 0 Å². The number of anilines is 1. The zero-order chi connectivity index (χ0) is 14.4. The lowest BCUT2D eigenvalue weighted by Gasteiger charge is -2.20. The number of nitrogens with one attached hydrogen (secondary N) is 1. The number of ether oxygens (including phenoxy) is 1. The fourth-order valence-electron chi connectivity index (χ4n) is 2.50. The Bertz CT molecular complexity index is 424. The maximum atomic E-state index is 5.98. The number of hydrogen-bond donors (Lipinski definition) is 1. The van der Waals surface area contributed by atoms with Crippen molar-refractivity contribution in [1.29, 1.82) is 0 Å². The summed E-state index contributed by atoms with van der Waals surface area (Å²) in [6, 6.07) is 1.75. The van der Waals surface area contributed by atoms with Gasteiger partial charge in [-0.15, -0.1) is 0 Å². The maximum Gasteiger partial charge on any atom is 0.158 e. The summed E-state index contributed by atoms with van der Waals surface area (Å²) in [5.41, 5.74) is 0.